The largest absolute Gasteiger partial charge is 0.480 e. The van der Waals surface area contributed by atoms with Crippen LogP contribution >= 0.6 is 11.3 Å². The number of nitrogens with zero attached hydrogens (tertiary/aromatic N) is 3. The maximum atomic E-state index is 12.9. The SMILES string of the molecule is Cc1nn(C)c2nc(-c3cccs3)cc(C(=O)N[C@@H](C(=O)O)C(C)C)c12. The van der Waals surface area contributed by atoms with E-state index in [0.717, 1.165) is 4.88 Å². The molecule has 0 fully saturated rings. The van der Waals surface area contributed by atoms with E-state index in [2.05, 4.69) is 15.4 Å². The molecule has 0 aliphatic heterocycles. The molecule has 26 heavy (non-hydrogen) atoms. The molecule has 0 aliphatic rings. The molecule has 0 spiro atoms. The highest BCUT2D eigenvalue weighted by Gasteiger charge is 2.26. The van der Waals surface area contributed by atoms with E-state index in [-0.39, 0.29) is 5.92 Å². The van der Waals surface area contributed by atoms with E-state index < -0.39 is 17.9 Å². The van der Waals surface area contributed by atoms with Crippen LogP contribution in [0.1, 0.15) is 29.9 Å². The van der Waals surface area contributed by atoms with Gasteiger partial charge in [-0.05, 0) is 30.4 Å². The van der Waals surface area contributed by atoms with Crippen molar-refractivity contribution in [2.45, 2.75) is 26.8 Å². The van der Waals surface area contributed by atoms with Gasteiger partial charge in [0.15, 0.2) is 5.65 Å². The Labute approximate surface area is 154 Å². The Balaban J connectivity index is 2.14. The summed E-state index contributed by atoms with van der Waals surface area (Å²) < 4.78 is 1.63. The Hall–Kier alpha value is -2.74. The Morgan fingerprint density at radius 3 is 2.65 bits per heavy atom. The molecule has 0 radical (unpaired) electrons. The van der Waals surface area contributed by atoms with E-state index >= 15 is 0 Å². The molecule has 8 heteroatoms. The molecule has 3 aromatic heterocycles. The number of carboxylic acids is 1. The average Bonchev–Trinajstić information content (AvgIpc) is 3.20. The molecule has 0 saturated heterocycles. The number of nitrogens with one attached hydrogen (secondary N) is 1. The second-order valence-corrected chi connectivity index (χ2v) is 7.42. The lowest BCUT2D eigenvalue weighted by atomic mass is 10.0. The second kappa shape index (κ2) is 6.87. The van der Waals surface area contributed by atoms with Gasteiger partial charge in [-0.3, -0.25) is 9.48 Å². The van der Waals surface area contributed by atoms with E-state index in [0.29, 0.717) is 28.0 Å². The average molecular weight is 372 g/mol. The molecule has 1 atom stereocenters. The first kappa shape index (κ1) is 18.1. The first-order valence-electron chi connectivity index (χ1n) is 8.21. The number of carbonyl (C=O) groups excluding carboxylic acids is 1. The van der Waals surface area contributed by atoms with Gasteiger partial charge in [-0.25, -0.2) is 9.78 Å². The van der Waals surface area contributed by atoms with E-state index in [4.69, 9.17) is 0 Å². The first-order valence-corrected chi connectivity index (χ1v) is 9.09. The van der Waals surface area contributed by atoms with Gasteiger partial charge in [0.1, 0.15) is 6.04 Å². The number of pyridine rings is 1. The van der Waals surface area contributed by atoms with Crippen LogP contribution in [0.25, 0.3) is 21.6 Å². The van der Waals surface area contributed by atoms with Gasteiger partial charge in [0.05, 0.1) is 27.2 Å². The van der Waals surface area contributed by atoms with Crippen molar-refractivity contribution in [2.24, 2.45) is 13.0 Å². The monoisotopic (exact) mass is 372 g/mol. The van der Waals surface area contributed by atoms with Crippen LogP contribution in [0, 0.1) is 12.8 Å². The standard InChI is InChI=1S/C18H20N4O3S/c1-9(2)15(18(24)25)20-17(23)11-8-12(13-6-5-7-26-13)19-16-14(11)10(3)21-22(16)4/h5-9,15H,1-4H3,(H,20,23)(H,24,25)/t15-/m1/s1. The van der Waals surface area contributed by atoms with Crippen molar-refractivity contribution in [1.82, 2.24) is 20.1 Å². The zero-order valence-corrected chi connectivity index (χ0v) is 15.8. The smallest absolute Gasteiger partial charge is 0.326 e. The van der Waals surface area contributed by atoms with Crippen molar-refractivity contribution < 1.29 is 14.7 Å². The molecular formula is C18H20N4O3S. The molecule has 3 rings (SSSR count). The summed E-state index contributed by atoms with van der Waals surface area (Å²) >= 11 is 1.52. The zero-order chi connectivity index (χ0) is 19.0. The molecule has 3 aromatic rings. The van der Waals surface area contributed by atoms with Crippen molar-refractivity contribution in [3.63, 3.8) is 0 Å². The number of aryl methyl sites for hydroxylation is 2. The zero-order valence-electron chi connectivity index (χ0n) is 15.0. The molecule has 136 valence electrons. The van der Waals surface area contributed by atoms with Crippen LogP contribution in [0.4, 0.5) is 0 Å². The van der Waals surface area contributed by atoms with Gasteiger partial charge in [-0.1, -0.05) is 19.9 Å². The van der Waals surface area contributed by atoms with E-state index in [1.165, 1.54) is 11.3 Å². The maximum Gasteiger partial charge on any atom is 0.326 e. The number of thiophene rings is 1. The minimum Gasteiger partial charge on any atom is -0.480 e. The van der Waals surface area contributed by atoms with Gasteiger partial charge in [-0.15, -0.1) is 11.3 Å². The summed E-state index contributed by atoms with van der Waals surface area (Å²) in [4.78, 5) is 30.0. The van der Waals surface area contributed by atoms with Crippen LogP contribution in [0.2, 0.25) is 0 Å². The molecule has 0 bridgehead atoms. The minimum absolute atomic E-state index is 0.236. The third-order valence-electron chi connectivity index (χ3n) is 4.21. The van der Waals surface area contributed by atoms with Gasteiger partial charge < -0.3 is 10.4 Å². The summed E-state index contributed by atoms with van der Waals surface area (Å²) in [6.45, 7) is 5.32. The van der Waals surface area contributed by atoms with Crippen LogP contribution in [-0.4, -0.2) is 37.8 Å². The lowest BCUT2D eigenvalue weighted by molar-refractivity contribution is -0.140. The summed E-state index contributed by atoms with van der Waals surface area (Å²) in [6, 6.07) is 4.59. The number of hydrogen-bond donors (Lipinski definition) is 2. The lowest BCUT2D eigenvalue weighted by Crippen LogP contribution is -2.44. The van der Waals surface area contributed by atoms with Crippen LogP contribution in [0.5, 0.6) is 0 Å². The highest BCUT2D eigenvalue weighted by atomic mass is 32.1. The lowest BCUT2D eigenvalue weighted by Gasteiger charge is -2.18. The number of aromatic nitrogens is 3. The molecule has 0 aromatic carbocycles. The number of rotatable bonds is 5. The summed E-state index contributed by atoms with van der Waals surface area (Å²) in [6.07, 6.45) is 0. The van der Waals surface area contributed by atoms with Crippen molar-refractivity contribution in [1.29, 1.82) is 0 Å². The number of amides is 1. The normalized spacial score (nSPS) is 12.5. The van der Waals surface area contributed by atoms with E-state index in [9.17, 15) is 14.7 Å². The van der Waals surface area contributed by atoms with E-state index in [1.54, 1.807) is 31.6 Å². The van der Waals surface area contributed by atoms with Gasteiger partial charge in [-0.2, -0.15) is 5.10 Å². The Morgan fingerprint density at radius 2 is 2.08 bits per heavy atom. The van der Waals surface area contributed by atoms with Crippen LogP contribution < -0.4 is 5.32 Å². The summed E-state index contributed by atoms with van der Waals surface area (Å²) in [7, 11) is 1.77. The summed E-state index contributed by atoms with van der Waals surface area (Å²) in [5.74, 6) is -1.73. The van der Waals surface area contributed by atoms with Gasteiger partial charge in [0.25, 0.3) is 5.91 Å². The topological polar surface area (TPSA) is 97.1 Å². The minimum atomic E-state index is -1.06. The highest BCUT2D eigenvalue weighted by Crippen LogP contribution is 2.29. The Bertz CT molecular complexity index is 976. The molecule has 7 nitrogen and oxygen atoms in total. The number of fused-ring (bicyclic) bond motifs is 1. The van der Waals surface area contributed by atoms with Crippen molar-refractivity contribution >= 4 is 34.2 Å². The van der Waals surface area contributed by atoms with Crippen molar-refractivity contribution in [3.8, 4) is 10.6 Å². The molecule has 0 aliphatic carbocycles. The van der Waals surface area contributed by atoms with Crippen LogP contribution in [0.3, 0.4) is 0 Å². The molecule has 0 saturated carbocycles. The molecule has 1 amide bonds. The van der Waals surface area contributed by atoms with Crippen molar-refractivity contribution in [3.05, 3.63) is 34.8 Å². The highest BCUT2D eigenvalue weighted by molar-refractivity contribution is 7.13. The van der Waals surface area contributed by atoms with Crippen molar-refractivity contribution in [2.75, 3.05) is 0 Å². The fraction of sp³-hybridized carbons (Fsp3) is 0.333. The Kier molecular flexibility index (Phi) is 4.78. The fourth-order valence-electron chi connectivity index (χ4n) is 2.91. The van der Waals surface area contributed by atoms with E-state index in [1.807, 2.05) is 24.4 Å². The summed E-state index contributed by atoms with van der Waals surface area (Å²) in [5, 5.41) is 19.0. The third kappa shape index (κ3) is 3.20. The van der Waals surface area contributed by atoms with Gasteiger partial charge >= 0.3 is 5.97 Å². The quantitative estimate of drug-likeness (QED) is 0.718. The first-order chi connectivity index (χ1) is 12.3. The fourth-order valence-corrected chi connectivity index (χ4v) is 3.59. The predicted octanol–water partition coefficient (Wildman–Crippen LogP) is 2.84. The molecule has 3 heterocycles. The second-order valence-electron chi connectivity index (χ2n) is 6.47. The van der Waals surface area contributed by atoms with Gasteiger partial charge in [0.2, 0.25) is 0 Å². The van der Waals surface area contributed by atoms with Crippen LogP contribution in [0.15, 0.2) is 23.6 Å². The van der Waals surface area contributed by atoms with Crippen LogP contribution in [-0.2, 0) is 11.8 Å². The molecular weight excluding hydrogens is 352 g/mol. The summed E-state index contributed by atoms with van der Waals surface area (Å²) in [5.41, 5.74) is 2.32. The predicted molar refractivity (Wildman–Crippen MR) is 100 cm³/mol. The number of carboxylic acid groups (broad SMARTS) is 1. The third-order valence-corrected chi connectivity index (χ3v) is 5.10. The van der Waals surface area contributed by atoms with Gasteiger partial charge in [0, 0.05) is 7.05 Å². The number of carbonyl (C=O) groups is 2. The number of hydrogen-bond acceptors (Lipinski definition) is 5. The Morgan fingerprint density at radius 1 is 1.35 bits per heavy atom. The molecule has 0 unspecified atom stereocenters. The number of aliphatic carboxylic acids is 1. The maximum absolute atomic E-state index is 12.9. The molecule has 2 N–H and O–H groups in total.